The Kier molecular flexibility index (Phi) is 2.60. The van der Waals surface area contributed by atoms with E-state index in [1.165, 1.54) is 4.34 Å². The van der Waals surface area contributed by atoms with E-state index in [0.717, 1.165) is 0 Å². The van der Waals surface area contributed by atoms with Crippen LogP contribution in [-0.4, -0.2) is 21.9 Å². The van der Waals surface area contributed by atoms with E-state index in [2.05, 4.69) is 14.4 Å². The van der Waals surface area contributed by atoms with Crippen molar-refractivity contribution in [2.75, 3.05) is 6.61 Å². The summed E-state index contributed by atoms with van der Waals surface area (Å²) in [6.07, 6.45) is 3.20. The van der Waals surface area contributed by atoms with Gasteiger partial charge in [0.05, 0.1) is 6.61 Å². The van der Waals surface area contributed by atoms with Crippen molar-refractivity contribution in [3.63, 3.8) is 0 Å². The largest absolute Gasteiger partial charge is 0.460 e. The van der Waals surface area contributed by atoms with E-state index in [9.17, 15) is 4.79 Å². The molecule has 0 aliphatic rings. The molecule has 5 heteroatoms. The maximum Gasteiger partial charge on any atom is 0.374 e. The van der Waals surface area contributed by atoms with Gasteiger partial charge in [0.15, 0.2) is 0 Å². The highest BCUT2D eigenvalue weighted by molar-refractivity contribution is 7.14. The highest BCUT2D eigenvalue weighted by Gasteiger charge is 2.10. The Morgan fingerprint density at radius 2 is 2.64 bits per heavy atom. The molecule has 0 aliphatic carbocycles. The summed E-state index contributed by atoms with van der Waals surface area (Å²) in [5, 5.41) is 0. The number of carbonyl (C=O) groups excluding carboxylic acids is 1. The van der Waals surface area contributed by atoms with Gasteiger partial charge in [-0.25, -0.2) is 9.78 Å². The summed E-state index contributed by atoms with van der Waals surface area (Å²) in [7, 11) is 2.35. The molecule has 0 aliphatic heterocycles. The summed E-state index contributed by atoms with van der Waals surface area (Å²) in [5.41, 5.74) is 0. The number of rotatable bonds is 2. The third kappa shape index (κ3) is 1.77. The van der Waals surface area contributed by atoms with Crippen LogP contribution in [0.5, 0.6) is 0 Å². The molecular formula is C6H9N2O2P. The van der Waals surface area contributed by atoms with E-state index in [-0.39, 0.29) is 0 Å². The summed E-state index contributed by atoms with van der Waals surface area (Å²) >= 11 is 0. The van der Waals surface area contributed by atoms with Crippen molar-refractivity contribution >= 4 is 15.4 Å². The van der Waals surface area contributed by atoms with Crippen LogP contribution >= 0.6 is 9.39 Å². The van der Waals surface area contributed by atoms with Gasteiger partial charge in [0.1, 0.15) is 0 Å². The Balaban J connectivity index is 2.76. The zero-order chi connectivity index (χ0) is 8.27. The lowest BCUT2D eigenvalue weighted by Gasteiger charge is -1.99. The number of carbonyl (C=O) groups is 1. The van der Waals surface area contributed by atoms with Gasteiger partial charge in [0.25, 0.3) is 0 Å². The molecule has 1 atom stereocenters. The maximum atomic E-state index is 11.0. The number of ether oxygens (including phenoxy) is 1. The fraction of sp³-hybridized carbons (Fsp3) is 0.333. The average Bonchev–Trinajstić information content (AvgIpc) is 2.36. The number of nitrogens with zero attached hydrogens (tertiary/aromatic N) is 2. The first-order valence-corrected chi connectivity index (χ1v) is 3.73. The SMILES string of the molecule is CCOC(=O)c1nccn1P. The summed E-state index contributed by atoms with van der Waals surface area (Å²) in [4.78, 5) is 14.8. The van der Waals surface area contributed by atoms with Crippen LogP contribution in [0.2, 0.25) is 0 Å². The van der Waals surface area contributed by atoms with Gasteiger partial charge in [-0.15, -0.1) is 0 Å². The Hall–Kier alpha value is -0.890. The molecule has 11 heavy (non-hydrogen) atoms. The molecule has 0 bridgehead atoms. The molecule has 1 heterocycles. The van der Waals surface area contributed by atoms with Crippen molar-refractivity contribution in [1.29, 1.82) is 0 Å². The van der Waals surface area contributed by atoms with Crippen LogP contribution in [0.1, 0.15) is 17.5 Å². The van der Waals surface area contributed by atoms with Crippen LogP contribution < -0.4 is 0 Å². The zero-order valence-electron chi connectivity index (χ0n) is 6.15. The number of hydrogen-bond acceptors (Lipinski definition) is 3. The minimum atomic E-state index is -0.396. The van der Waals surface area contributed by atoms with E-state index in [1.807, 2.05) is 0 Å². The molecular weight excluding hydrogens is 163 g/mol. The second-order valence-corrected chi connectivity index (χ2v) is 2.43. The highest BCUT2D eigenvalue weighted by Crippen LogP contribution is 2.02. The molecule has 0 N–H and O–H groups in total. The summed E-state index contributed by atoms with van der Waals surface area (Å²) in [5.74, 6) is -0.0932. The Labute approximate surface area is 66.8 Å². The smallest absolute Gasteiger partial charge is 0.374 e. The highest BCUT2D eigenvalue weighted by atomic mass is 31.0. The van der Waals surface area contributed by atoms with Gasteiger partial charge in [-0.1, -0.05) is 0 Å². The van der Waals surface area contributed by atoms with Crippen molar-refractivity contribution in [2.24, 2.45) is 0 Å². The predicted molar refractivity (Wildman–Crippen MR) is 43.3 cm³/mol. The fourth-order valence-electron chi connectivity index (χ4n) is 0.667. The summed E-state index contributed by atoms with van der Waals surface area (Å²) in [6, 6.07) is 0. The van der Waals surface area contributed by atoms with Gasteiger partial charge in [-0.05, 0) is 16.3 Å². The van der Waals surface area contributed by atoms with E-state index in [1.54, 1.807) is 19.3 Å². The fourth-order valence-corrected chi connectivity index (χ4v) is 0.916. The molecule has 0 aromatic carbocycles. The third-order valence-corrected chi connectivity index (χ3v) is 1.54. The molecule has 0 amide bonds. The first-order chi connectivity index (χ1) is 5.25. The molecule has 4 nitrogen and oxygen atoms in total. The van der Waals surface area contributed by atoms with Crippen molar-refractivity contribution in [3.8, 4) is 0 Å². The zero-order valence-corrected chi connectivity index (χ0v) is 7.30. The molecule has 1 aromatic heterocycles. The quantitative estimate of drug-likeness (QED) is 0.487. The van der Waals surface area contributed by atoms with Crippen molar-refractivity contribution in [3.05, 3.63) is 18.2 Å². The first kappa shape index (κ1) is 8.21. The Morgan fingerprint density at radius 1 is 1.91 bits per heavy atom. The number of aromatic nitrogens is 2. The lowest BCUT2D eigenvalue weighted by atomic mass is 10.6. The van der Waals surface area contributed by atoms with Gasteiger partial charge in [-0.3, -0.25) is 0 Å². The van der Waals surface area contributed by atoms with Crippen LogP contribution in [0.25, 0.3) is 0 Å². The second kappa shape index (κ2) is 3.49. The lowest BCUT2D eigenvalue weighted by molar-refractivity contribution is 0.0512. The van der Waals surface area contributed by atoms with Gasteiger partial charge in [0.2, 0.25) is 5.82 Å². The third-order valence-electron chi connectivity index (χ3n) is 1.13. The molecule has 1 rings (SSSR count). The molecule has 1 aromatic rings. The van der Waals surface area contributed by atoms with Crippen LogP contribution in [0.3, 0.4) is 0 Å². The Morgan fingerprint density at radius 3 is 3.09 bits per heavy atom. The minimum Gasteiger partial charge on any atom is -0.460 e. The van der Waals surface area contributed by atoms with E-state index in [0.29, 0.717) is 12.4 Å². The lowest BCUT2D eigenvalue weighted by Crippen LogP contribution is -2.08. The molecule has 0 fully saturated rings. The topological polar surface area (TPSA) is 44.1 Å². The van der Waals surface area contributed by atoms with Crippen molar-refractivity contribution < 1.29 is 9.53 Å². The Bertz CT molecular complexity index is 259. The second-order valence-electron chi connectivity index (χ2n) is 1.88. The van der Waals surface area contributed by atoms with Crippen LogP contribution in [0.4, 0.5) is 0 Å². The van der Waals surface area contributed by atoms with Crippen molar-refractivity contribution in [1.82, 2.24) is 9.32 Å². The summed E-state index contributed by atoms with van der Waals surface area (Å²) < 4.78 is 6.27. The number of esters is 1. The molecule has 0 radical (unpaired) electrons. The van der Waals surface area contributed by atoms with Gasteiger partial charge < -0.3 is 9.07 Å². The van der Waals surface area contributed by atoms with Crippen LogP contribution in [0.15, 0.2) is 12.4 Å². The van der Waals surface area contributed by atoms with Crippen molar-refractivity contribution in [2.45, 2.75) is 6.92 Å². The van der Waals surface area contributed by atoms with Gasteiger partial charge in [0, 0.05) is 12.4 Å². The number of hydrogen-bond donors (Lipinski definition) is 0. The van der Waals surface area contributed by atoms with Gasteiger partial charge in [-0.2, -0.15) is 0 Å². The standard InChI is InChI=1S/C6H9N2O2P/c1-2-10-6(9)5-7-3-4-8(5)11/h3-4H,2,11H2,1H3. The number of imidazole rings is 1. The van der Waals surface area contributed by atoms with Crippen LogP contribution in [0, 0.1) is 0 Å². The normalized spacial score (nSPS) is 9.64. The molecule has 1 unspecified atom stereocenters. The molecule has 0 saturated heterocycles. The monoisotopic (exact) mass is 172 g/mol. The molecule has 0 saturated carbocycles. The van der Waals surface area contributed by atoms with Gasteiger partial charge >= 0.3 is 5.97 Å². The molecule has 60 valence electrons. The maximum absolute atomic E-state index is 11.0. The predicted octanol–water partition coefficient (Wildman–Crippen LogP) is 0.698. The average molecular weight is 172 g/mol. The molecule has 0 spiro atoms. The minimum absolute atomic E-state index is 0.303. The van der Waals surface area contributed by atoms with E-state index in [4.69, 9.17) is 4.74 Å². The first-order valence-electron chi connectivity index (χ1n) is 3.21. The van der Waals surface area contributed by atoms with E-state index < -0.39 is 5.97 Å². The van der Waals surface area contributed by atoms with Crippen LogP contribution in [-0.2, 0) is 4.74 Å². The summed E-state index contributed by atoms with van der Waals surface area (Å²) in [6.45, 7) is 2.13. The van der Waals surface area contributed by atoms with E-state index >= 15 is 0 Å².